The molecule has 2 unspecified atom stereocenters. The number of ether oxygens (including phenoxy) is 1. The van der Waals surface area contributed by atoms with Gasteiger partial charge in [0.2, 0.25) is 6.36 Å². The second-order valence-electron chi connectivity index (χ2n) is 5.23. The van der Waals surface area contributed by atoms with Crippen molar-refractivity contribution in [1.82, 2.24) is 0 Å². The van der Waals surface area contributed by atoms with E-state index < -0.39 is 12.3 Å². The van der Waals surface area contributed by atoms with E-state index in [1.54, 1.807) is 6.92 Å². The van der Waals surface area contributed by atoms with Crippen molar-refractivity contribution in [2.45, 2.75) is 13.3 Å². The second kappa shape index (κ2) is 7.61. The lowest BCUT2D eigenvalue weighted by atomic mass is 10.1. The molecule has 0 fully saturated rings. The van der Waals surface area contributed by atoms with Crippen molar-refractivity contribution in [1.29, 1.82) is 0 Å². The maximum atomic E-state index is 12.6. The number of aliphatic hydroxyl groups is 1. The molecule has 116 valence electrons. The fourth-order valence-corrected chi connectivity index (χ4v) is 1.78. The largest absolute Gasteiger partial charge is 0.493 e. The summed E-state index contributed by atoms with van der Waals surface area (Å²) in [5.41, 5.74) is 8.48. The Kier molecular flexibility index (Phi) is 5.55. The Balaban J connectivity index is 1.92. The molecule has 0 aliphatic rings. The number of benzene rings is 2. The van der Waals surface area contributed by atoms with Gasteiger partial charge < -0.3 is 15.6 Å². The highest BCUT2D eigenvalue weighted by Gasteiger charge is 2.12. The Hall–Kier alpha value is -2.33. The monoisotopic (exact) mass is 301 g/mol. The first-order valence-corrected chi connectivity index (χ1v) is 7.13. The van der Waals surface area contributed by atoms with Crippen LogP contribution in [0.4, 0.5) is 10.1 Å². The smallest absolute Gasteiger partial charge is 0.202 e. The molecule has 2 aromatic rings. The minimum absolute atomic E-state index is 0.137. The van der Waals surface area contributed by atoms with E-state index in [4.69, 9.17) is 15.6 Å². The third-order valence-corrected chi connectivity index (χ3v) is 3.27. The molecule has 2 aromatic carbocycles. The van der Waals surface area contributed by atoms with E-state index in [2.05, 4.69) is 0 Å². The standard InChI is InChI=1S/C18H20FNO2/c1-13(18(19)21)12-22-17-10-6-15(7-11-17)3-2-14-4-8-16(20)9-5-14/h2-11,13,18,21H,12,20H2,1H3. The summed E-state index contributed by atoms with van der Waals surface area (Å²) in [4.78, 5) is 0. The van der Waals surface area contributed by atoms with Gasteiger partial charge in [0.05, 0.1) is 6.61 Å². The minimum Gasteiger partial charge on any atom is -0.493 e. The van der Waals surface area contributed by atoms with Crippen molar-refractivity contribution in [2.24, 2.45) is 5.92 Å². The first-order chi connectivity index (χ1) is 10.5. The summed E-state index contributed by atoms with van der Waals surface area (Å²) in [6, 6.07) is 15.1. The Morgan fingerprint density at radius 3 is 2.05 bits per heavy atom. The van der Waals surface area contributed by atoms with Crippen LogP contribution in [0.3, 0.4) is 0 Å². The van der Waals surface area contributed by atoms with Crippen LogP contribution in [0.1, 0.15) is 18.1 Å². The fraction of sp³-hybridized carbons (Fsp3) is 0.222. The molecule has 0 heterocycles. The van der Waals surface area contributed by atoms with E-state index in [0.29, 0.717) is 5.75 Å². The Morgan fingerprint density at radius 1 is 1.05 bits per heavy atom. The maximum absolute atomic E-state index is 12.6. The van der Waals surface area contributed by atoms with E-state index in [-0.39, 0.29) is 6.61 Å². The molecule has 22 heavy (non-hydrogen) atoms. The number of anilines is 1. The van der Waals surface area contributed by atoms with Gasteiger partial charge in [0, 0.05) is 11.6 Å². The van der Waals surface area contributed by atoms with Gasteiger partial charge in [0.25, 0.3) is 0 Å². The van der Waals surface area contributed by atoms with E-state index >= 15 is 0 Å². The molecule has 0 bridgehead atoms. The van der Waals surface area contributed by atoms with E-state index in [1.165, 1.54) is 0 Å². The molecule has 0 aliphatic carbocycles. The van der Waals surface area contributed by atoms with Crippen LogP contribution in [0.5, 0.6) is 5.75 Å². The van der Waals surface area contributed by atoms with Crippen molar-refractivity contribution in [2.75, 3.05) is 12.3 Å². The van der Waals surface area contributed by atoms with E-state index in [0.717, 1.165) is 16.8 Å². The Bertz CT molecular complexity index is 606. The van der Waals surface area contributed by atoms with Gasteiger partial charge in [-0.1, -0.05) is 43.3 Å². The van der Waals surface area contributed by atoms with Crippen molar-refractivity contribution >= 4 is 17.8 Å². The number of hydrogen-bond acceptors (Lipinski definition) is 3. The summed E-state index contributed by atoms with van der Waals surface area (Å²) in [5.74, 6) is 0.0993. The normalized spacial score (nSPS) is 14.0. The van der Waals surface area contributed by atoms with Crippen LogP contribution in [0.15, 0.2) is 48.5 Å². The number of nitrogen functional groups attached to an aromatic ring is 1. The van der Waals surface area contributed by atoms with Gasteiger partial charge in [-0.3, -0.25) is 0 Å². The van der Waals surface area contributed by atoms with Gasteiger partial charge >= 0.3 is 0 Å². The van der Waals surface area contributed by atoms with Crippen LogP contribution in [0, 0.1) is 5.92 Å². The van der Waals surface area contributed by atoms with Gasteiger partial charge in [-0.15, -0.1) is 0 Å². The topological polar surface area (TPSA) is 55.5 Å². The number of rotatable bonds is 6. The third kappa shape index (κ3) is 4.90. The average Bonchev–Trinajstić information content (AvgIpc) is 2.53. The molecule has 4 heteroatoms. The molecule has 0 aliphatic heterocycles. The number of hydrogen-bond donors (Lipinski definition) is 2. The maximum Gasteiger partial charge on any atom is 0.202 e. The number of halogens is 1. The molecule has 2 rings (SSSR count). The zero-order valence-corrected chi connectivity index (χ0v) is 12.4. The Morgan fingerprint density at radius 2 is 1.55 bits per heavy atom. The predicted molar refractivity (Wildman–Crippen MR) is 88.0 cm³/mol. The first kappa shape index (κ1) is 16.0. The summed E-state index contributed by atoms with van der Waals surface area (Å²) in [6.45, 7) is 1.73. The number of nitrogens with two attached hydrogens (primary N) is 1. The van der Waals surface area contributed by atoms with Gasteiger partial charge in [-0.2, -0.15) is 0 Å². The molecule has 2 atom stereocenters. The summed E-state index contributed by atoms with van der Waals surface area (Å²) in [5, 5.41) is 8.77. The van der Waals surface area contributed by atoms with Crippen LogP contribution >= 0.6 is 0 Å². The number of alkyl halides is 1. The zero-order valence-electron chi connectivity index (χ0n) is 12.4. The SMILES string of the molecule is CC(COc1ccc(C=Cc2ccc(N)cc2)cc1)C(O)F. The fourth-order valence-electron chi connectivity index (χ4n) is 1.78. The summed E-state index contributed by atoms with van der Waals surface area (Å²) in [7, 11) is 0. The zero-order chi connectivity index (χ0) is 15.9. The minimum atomic E-state index is -1.86. The highest BCUT2D eigenvalue weighted by atomic mass is 19.1. The van der Waals surface area contributed by atoms with Crippen LogP contribution in [0.25, 0.3) is 12.2 Å². The van der Waals surface area contributed by atoms with Crippen molar-refractivity contribution in [3.05, 3.63) is 59.7 Å². The Labute approximate surface area is 129 Å². The second-order valence-corrected chi connectivity index (χ2v) is 5.23. The molecule has 3 N–H and O–H groups in total. The lowest BCUT2D eigenvalue weighted by Crippen LogP contribution is -2.19. The van der Waals surface area contributed by atoms with Crippen molar-refractivity contribution < 1.29 is 14.2 Å². The van der Waals surface area contributed by atoms with E-state index in [9.17, 15) is 4.39 Å². The van der Waals surface area contributed by atoms with Gasteiger partial charge in [-0.25, -0.2) is 4.39 Å². The van der Waals surface area contributed by atoms with Crippen LogP contribution in [-0.4, -0.2) is 18.1 Å². The third-order valence-electron chi connectivity index (χ3n) is 3.27. The summed E-state index contributed by atoms with van der Waals surface area (Å²) in [6.07, 6.45) is 2.13. The molecule has 0 spiro atoms. The van der Waals surface area contributed by atoms with Crippen LogP contribution < -0.4 is 10.5 Å². The molecule has 3 nitrogen and oxygen atoms in total. The first-order valence-electron chi connectivity index (χ1n) is 7.13. The highest BCUT2D eigenvalue weighted by molar-refractivity contribution is 5.70. The van der Waals surface area contributed by atoms with Gasteiger partial charge in [0.1, 0.15) is 5.75 Å². The molecule has 0 amide bonds. The highest BCUT2D eigenvalue weighted by Crippen LogP contribution is 2.16. The average molecular weight is 301 g/mol. The lowest BCUT2D eigenvalue weighted by Gasteiger charge is -2.13. The lowest BCUT2D eigenvalue weighted by molar-refractivity contribution is -0.0201. The molecule has 0 aromatic heterocycles. The van der Waals surface area contributed by atoms with Crippen molar-refractivity contribution in [3.63, 3.8) is 0 Å². The molecule has 0 radical (unpaired) electrons. The molecule has 0 saturated heterocycles. The van der Waals surface area contributed by atoms with Crippen LogP contribution in [-0.2, 0) is 0 Å². The summed E-state index contributed by atoms with van der Waals surface area (Å²) >= 11 is 0. The van der Waals surface area contributed by atoms with Crippen molar-refractivity contribution in [3.8, 4) is 5.75 Å². The van der Waals surface area contributed by atoms with Gasteiger partial charge in [0.15, 0.2) is 0 Å². The van der Waals surface area contributed by atoms with Crippen LogP contribution in [0.2, 0.25) is 0 Å². The molecular weight excluding hydrogens is 281 g/mol. The predicted octanol–water partition coefficient (Wildman–Crippen LogP) is 3.74. The summed E-state index contributed by atoms with van der Waals surface area (Å²) < 4.78 is 18.0. The quantitative estimate of drug-likeness (QED) is 0.631. The molecule has 0 saturated carbocycles. The van der Waals surface area contributed by atoms with E-state index in [1.807, 2.05) is 60.7 Å². The van der Waals surface area contributed by atoms with Gasteiger partial charge in [-0.05, 0) is 35.4 Å². The molecular formula is C18H20FNO2. The number of aliphatic hydroxyl groups excluding tert-OH is 1.